The number of rotatable bonds is 6. The molecule has 1 heterocycles. The van der Waals surface area contributed by atoms with E-state index in [1.165, 1.54) is 4.90 Å². The second kappa shape index (κ2) is 7.08. The summed E-state index contributed by atoms with van der Waals surface area (Å²) in [4.78, 5) is 25.0. The zero-order valence-corrected chi connectivity index (χ0v) is 12.2. The number of amides is 1. The van der Waals surface area contributed by atoms with E-state index in [9.17, 15) is 4.79 Å². The number of nitrogens with one attached hydrogen (secondary N) is 1. The van der Waals surface area contributed by atoms with E-state index in [-0.39, 0.29) is 23.1 Å². The largest absolute Gasteiger partial charge is 0.463 e. The molecule has 1 unspecified atom stereocenters. The van der Waals surface area contributed by atoms with Crippen LogP contribution in [0.4, 0.5) is 5.95 Å². The summed E-state index contributed by atoms with van der Waals surface area (Å²) in [5.74, 6) is 0.126. The van der Waals surface area contributed by atoms with Gasteiger partial charge in [-0.1, -0.05) is 6.92 Å². The van der Waals surface area contributed by atoms with Crippen LogP contribution in [0.1, 0.15) is 20.3 Å². The van der Waals surface area contributed by atoms with E-state index in [0.717, 1.165) is 6.42 Å². The van der Waals surface area contributed by atoms with Crippen LogP contribution in [0.25, 0.3) is 0 Å². The van der Waals surface area contributed by atoms with E-state index in [4.69, 9.17) is 16.3 Å². The van der Waals surface area contributed by atoms with Gasteiger partial charge in [0.05, 0.1) is 6.61 Å². The van der Waals surface area contributed by atoms with Gasteiger partial charge in [-0.05, 0) is 24.9 Å². The van der Waals surface area contributed by atoms with Crippen molar-refractivity contribution in [1.29, 1.82) is 0 Å². The van der Waals surface area contributed by atoms with Crippen LogP contribution in [-0.2, 0) is 4.79 Å². The van der Waals surface area contributed by atoms with Gasteiger partial charge in [0.15, 0.2) is 0 Å². The van der Waals surface area contributed by atoms with Crippen LogP contribution in [0.5, 0.6) is 6.01 Å². The van der Waals surface area contributed by atoms with Crippen molar-refractivity contribution in [2.45, 2.75) is 26.3 Å². The molecule has 1 amide bonds. The monoisotopic (exact) mass is 287 g/mol. The predicted octanol–water partition coefficient (Wildman–Crippen LogP) is 1.20. The summed E-state index contributed by atoms with van der Waals surface area (Å²) in [5, 5.41) is 2.88. The van der Waals surface area contributed by atoms with Crippen LogP contribution in [0, 0.1) is 0 Å². The van der Waals surface area contributed by atoms with Crippen molar-refractivity contribution in [3.8, 4) is 6.01 Å². The van der Waals surface area contributed by atoms with E-state index in [1.54, 1.807) is 21.0 Å². The Kier molecular flexibility index (Phi) is 5.75. The lowest BCUT2D eigenvalue weighted by molar-refractivity contribution is -0.129. The maximum Gasteiger partial charge on any atom is 0.322 e. The Balaban J connectivity index is 2.77. The summed E-state index contributed by atoms with van der Waals surface area (Å²) in [5.41, 5.74) is 0. The van der Waals surface area contributed by atoms with Crippen molar-refractivity contribution in [3.63, 3.8) is 0 Å². The fraction of sp³-hybridized carbons (Fsp3) is 0.636. The fourth-order valence-corrected chi connectivity index (χ4v) is 1.45. The van der Waals surface area contributed by atoms with Crippen LogP contribution in [0.2, 0.25) is 5.28 Å². The maximum atomic E-state index is 11.7. The number of carbonyl (C=O) groups is 1. The molecule has 0 aromatic carbocycles. The SMILES string of the molecule is CCCOc1nc(Cl)nc(NC(C)C(=O)N(C)C)n1. The summed E-state index contributed by atoms with van der Waals surface area (Å²) in [7, 11) is 3.35. The molecule has 0 aliphatic carbocycles. The summed E-state index contributed by atoms with van der Waals surface area (Å²) in [6.45, 7) is 4.18. The Morgan fingerprint density at radius 1 is 1.42 bits per heavy atom. The zero-order chi connectivity index (χ0) is 14.4. The summed E-state index contributed by atoms with van der Waals surface area (Å²) in [6.07, 6.45) is 0.835. The second-order valence-electron chi connectivity index (χ2n) is 4.16. The number of carbonyl (C=O) groups excluding carboxylic acids is 1. The Labute approximate surface area is 117 Å². The molecular formula is C11H18ClN5O2. The number of likely N-dealkylation sites (N-methyl/N-ethyl adjacent to an activating group) is 1. The van der Waals surface area contributed by atoms with Crippen molar-refractivity contribution >= 4 is 23.5 Å². The molecule has 7 nitrogen and oxygen atoms in total. The zero-order valence-electron chi connectivity index (χ0n) is 11.5. The summed E-state index contributed by atoms with van der Waals surface area (Å²) >= 11 is 5.78. The lowest BCUT2D eigenvalue weighted by Gasteiger charge is -2.17. The van der Waals surface area contributed by atoms with E-state index in [1.807, 2.05) is 6.92 Å². The predicted molar refractivity (Wildman–Crippen MR) is 72.4 cm³/mol. The molecule has 0 saturated carbocycles. The molecule has 1 N–H and O–H groups in total. The molecule has 1 aromatic rings. The van der Waals surface area contributed by atoms with E-state index in [0.29, 0.717) is 6.61 Å². The number of hydrogen-bond acceptors (Lipinski definition) is 6. The molecule has 1 aromatic heterocycles. The third-order valence-electron chi connectivity index (χ3n) is 2.18. The minimum atomic E-state index is -0.465. The van der Waals surface area contributed by atoms with Crippen LogP contribution >= 0.6 is 11.6 Å². The minimum absolute atomic E-state index is 0.0214. The smallest absolute Gasteiger partial charge is 0.322 e. The standard InChI is InChI=1S/C11H18ClN5O2/c1-5-6-19-11-15-9(12)14-10(16-11)13-7(2)8(18)17(3)4/h7H,5-6H2,1-4H3,(H,13,14,15,16). The third-order valence-corrected chi connectivity index (χ3v) is 2.35. The number of aromatic nitrogens is 3. The summed E-state index contributed by atoms with van der Waals surface area (Å²) < 4.78 is 5.28. The number of ether oxygens (including phenoxy) is 1. The van der Waals surface area contributed by atoms with Crippen molar-refractivity contribution in [1.82, 2.24) is 19.9 Å². The Morgan fingerprint density at radius 2 is 2.11 bits per heavy atom. The topological polar surface area (TPSA) is 80.2 Å². The highest BCUT2D eigenvalue weighted by Gasteiger charge is 2.16. The molecule has 106 valence electrons. The van der Waals surface area contributed by atoms with Crippen molar-refractivity contribution in [2.75, 3.05) is 26.0 Å². The van der Waals surface area contributed by atoms with E-state index in [2.05, 4.69) is 20.3 Å². The minimum Gasteiger partial charge on any atom is -0.463 e. The van der Waals surface area contributed by atoms with Gasteiger partial charge in [0.1, 0.15) is 6.04 Å². The second-order valence-corrected chi connectivity index (χ2v) is 4.50. The lowest BCUT2D eigenvalue weighted by Crippen LogP contribution is -2.37. The van der Waals surface area contributed by atoms with Gasteiger partial charge < -0.3 is 15.0 Å². The average Bonchev–Trinajstić information content (AvgIpc) is 2.34. The highest BCUT2D eigenvalue weighted by molar-refractivity contribution is 6.28. The van der Waals surface area contributed by atoms with Crippen LogP contribution in [-0.4, -0.2) is 52.5 Å². The first-order valence-electron chi connectivity index (χ1n) is 5.96. The molecule has 0 bridgehead atoms. The number of halogens is 1. The number of hydrogen-bond donors (Lipinski definition) is 1. The van der Waals surface area contributed by atoms with Gasteiger partial charge in [0.2, 0.25) is 17.1 Å². The van der Waals surface area contributed by atoms with E-state index < -0.39 is 6.04 Å². The highest BCUT2D eigenvalue weighted by atomic mass is 35.5. The molecule has 1 rings (SSSR count). The third kappa shape index (κ3) is 4.86. The lowest BCUT2D eigenvalue weighted by atomic mass is 10.3. The fourth-order valence-electron chi connectivity index (χ4n) is 1.30. The highest BCUT2D eigenvalue weighted by Crippen LogP contribution is 2.12. The number of anilines is 1. The summed E-state index contributed by atoms with van der Waals surface area (Å²) in [6, 6.07) is -0.318. The van der Waals surface area contributed by atoms with Gasteiger partial charge in [-0.25, -0.2) is 0 Å². The first kappa shape index (κ1) is 15.4. The average molecular weight is 288 g/mol. The first-order valence-corrected chi connectivity index (χ1v) is 6.34. The molecule has 0 fully saturated rings. The van der Waals surface area contributed by atoms with Crippen LogP contribution in [0.3, 0.4) is 0 Å². The molecule has 0 saturated heterocycles. The van der Waals surface area contributed by atoms with Gasteiger partial charge in [0, 0.05) is 14.1 Å². The molecular weight excluding hydrogens is 270 g/mol. The molecule has 19 heavy (non-hydrogen) atoms. The van der Waals surface area contributed by atoms with Crippen molar-refractivity contribution < 1.29 is 9.53 Å². The molecule has 0 spiro atoms. The molecule has 8 heteroatoms. The molecule has 0 aliphatic rings. The Bertz CT molecular complexity index is 441. The first-order chi connectivity index (χ1) is 8.93. The Morgan fingerprint density at radius 3 is 2.68 bits per heavy atom. The number of nitrogens with zero attached hydrogens (tertiary/aromatic N) is 4. The Hall–Kier alpha value is -1.63. The van der Waals surface area contributed by atoms with Gasteiger partial charge in [-0.15, -0.1) is 0 Å². The van der Waals surface area contributed by atoms with Crippen molar-refractivity contribution in [3.05, 3.63) is 5.28 Å². The van der Waals surface area contributed by atoms with Crippen molar-refractivity contribution in [2.24, 2.45) is 0 Å². The molecule has 0 aliphatic heterocycles. The van der Waals surface area contributed by atoms with Gasteiger partial charge in [-0.3, -0.25) is 4.79 Å². The van der Waals surface area contributed by atoms with Gasteiger partial charge in [0.25, 0.3) is 0 Å². The normalized spacial score (nSPS) is 11.8. The van der Waals surface area contributed by atoms with Gasteiger partial charge in [-0.2, -0.15) is 15.0 Å². The van der Waals surface area contributed by atoms with Gasteiger partial charge >= 0.3 is 6.01 Å². The van der Waals surface area contributed by atoms with E-state index >= 15 is 0 Å². The van der Waals surface area contributed by atoms with Crippen LogP contribution < -0.4 is 10.1 Å². The molecule has 1 atom stereocenters. The maximum absolute atomic E-state index is 11.7. The molecule has 0 radical (unpaired) electrons. The van der Waals surface area contributed by atoms with Crippen LogP contribution in [0.15, 0.2) is 0 Å². The quantitative estimate of drug-likeness (QED) is 0.847.